The van der Waals surface area contributed by atoms with E-state index in [1.54, 1.807) is 12.1 Å². The van der Waals surface area contributed by atoms with Crippen LogP contribution in [0.15, 0.2) is 48.5 Å². The Kier molecular flexibility index (Phi) is 6.00. The molecule has 0 bridgehead atoms. The van der Waals surface area contributed by atoms with Gasteiger partial charge in [-0.2, -0.15) is 0 Å². The molecular formula is C21H25FO2. The molecule has 0 amide bonds. The third-order valence-electron chi connectivity index (χ3n) is 4.52. The second-order valence-electron chi connectivity index (χ2n) is 6.49. The maximum absolute atomic E-state index is 13.3. The van der Waals surface area contributed by atoms with Crippen molar-refractivity contribution in [3.05, 3.63) is 59.9 Å². The SMILES string of the molecule is CCCCCC1COC(c2ccc(-c3cccc(F)c3)cc2)OC1. The van der Waals surface area contributed by atoms with E-state index in [0.717, 1.165) is 29.9 Å². The summed E-state index contributed by atoms with van der Waals surface area (Å²) in [7, 11) is 0. The summed E-state index contributed by atoms with van der Waals surface area (Å²) in [6.07, 6.45) is 4.67. The van der Waals surface area contributed by atoms with E-state index >= 15 is 0 Å². The molecule has 24 heavy (non-hydrogen) atoms. The molecule has 1 saturated heterocycles. The molecule has 1 aliphatic heterocycles. The van der Waals surface area contributed by atoms with E-state index in [9.17, 15) is 4.39 Å². The largest absolute Gasteiger partial charge is 0.348 e. The highest BCUT2D eigenvalue weighted by Crippen LogP contribution is 2.29. The van der Waals surface area contributed by atoms with Gasteiger partial charge in [0.2, 0.25) is 0 Å². The zero-order valence-corrected chi connectivity index (χ0v) is 14.2. The summed E-state index contributed by atoms with van der Waals surface area (Å²) in [5.41, 5.74) is 2.89. The van der Waals surface area contributed by atoms with Crippen molar-refractivity contribution in [3.8, 4) is 11.1 Å². The van der Waals surface area contributed by atoms with Gasteiger partial charge in [-0.05, 0) is 29.7 Å². The summed E-state index contributed by atoms with van der Waals surface area (Å²) < 4.78 is 25.1. The smallest absolute Gasteiger partial charge is 0.183 e. The molecule has 0 aromatic heterocycles. The fourth-order valence-electron chi connectivity index (χ4n) is 3.09. The Balaban J connectivity index is 1.57. The summed E-state index contributed by atoms with van der Waals surface area (Å²) in [4.78, 5) is 0. The van der Waals surface area contributed by atoms with E-state index in [1.807, 2.05) is 30.3 Å². The van der Waals surface area contributed by atoms with Gasteiger partial charge in [0.1, 0.15) is 5.82 Å². The Bertz CT molecular complexity index is 631. The molecule has 0 spiro atoms. The Hall–Kier alpha value is -1.71. The molecule has 1 aliphatic rings. The van der Waals surface area contributed by atoms with Gasteiger partial charge >= 0.3 is 0 Å². The van der Waals surface area contributed by atoms with Crippen LogP contribution in [0.1, 0.15) is 44.5 Å². The molecule has 2 aromatic rings. The number of unbranched alkanes of at least 4 members (excludes halogenated alkanes) is 2. The lowest BCUT2D eigenvalue weighted by Gasteiger charge is -2.29. The highest BCUT2D eigenvalue weighted by atomic mass is 19.1. The monoisotopic (exact) mass is 328 g/mol. The minimum Gasteiger partial charge on any atom is -0.348 e. The molecule has 0 unspecified atom stereocenters. The van der Waals surface area contributed by atoms with Crippen molar-refractivity contribution in [1.82, 2.24) is 0 Å². The fourth-order valence-corrected chi connectivity index (χ4v) is 3.09. The molecule has 0 N–H and O–H groups in total. The van der Waals surface area contributed by atoms with Gasteiger partial charge in [0.05, 0.1) is 13.2 Å². The van der Waals surface area contributed by atoms with Gasteiger partial charge in [0, 0.05) is 11.5 Å². The third-order valence-corrected chi connectivity index (χ3v) is 4.52. The standard InChI is InChI=1S/C21H25FO2/c1-2-3-4-6-16-14-23-21(24-15-16)18-11-9-17(10-12-18)19-7-5-8-20(22)13-19/h5,7-13,16,21H,2-4,6,14-15H2,1H3. The lowest BCUT2D eigenvalue weighted by Crippen LogP contribution is -2.27. The van der Waals surface area contributed by atoms with Gasteiger partial charge in [-0.3, -0.25) is 0 Å². The van der Waals surface area contributed by atoms with E-state index in [2.05, 4.69) is 6.92 Å². The number of rotatable bonds is 6. The summed E-state index contributed by atoms with van der Waals surface area (Å²) >= 11 is 0. The highest BCUT2D eigenvalue weighted by molar-refractivity contribution is 5.63. The first-order valence-corrected chi connectivity index (χ1v) is 8.85. The molecule has 0 radical (unpaired) electrons. The molecule has 1 fully saturated rings. The lowest BCUT2D eigenvalue weighted by molar-refractivity contribution is -0.206. The number of halogens is 1. The molecule has 1 heterocycles. The van der Waals surface area contributed by atoms with Gasteiger partial charge in [-0.25, -0.2) is 4.39 Å². The molecular weight excluding hydrogens is 303 g/mol. The third kappa shape index (κ3) is 4.43. The minimum absolute atomic E-state index is 0.218. The van der Waals surface area contributed by atoms with Gasteiger partial charge < -0.3 is 9.47 Å². The van der Waals surface area contributed by atoms with E-state index in [0.29, 0.717) is 5.92 Å². The van der Waals surface area contributed by atoms with Crippen molar-refractivity contribution in [1.29, 1.82) is 0 Å². The average Bonchev–Trinajstić information content (AvgIpc) is 2.63. The molecule has 0 saturated carbocycles. The van der Waals surface area contributed by atoms with Crippen molar-refractivity contribution >= 4 is 0 Å². The van der Waals surface area contributed by atoms with Crippen LogP contribution >= 0.6 is 0 Å². The van der Waals surface area contributed by atoms with Crippen molar-refractivity contribution in [2.75, 3.05) is 13.2 Å². The van der Waals surface area contributed by atoms with Crippen LogP contribution in [0.3, 0.4) is 0 Å². The Morgan fingerprint density at radius 3 is 2.38 bits per heavy atom. The van der Waals surface area contributed by atoms with Crippen molar-refractivity contribution in [3.63, 3.8) is 0 Å². The summed E-state index contributed by atoms with van der Waals surface area (Å²) in [6.45, 7) is 3.75. The Morgan fingerprint density at radius 1 is 0.958 bits per heavy atom. The number of ether oxygens (including phenoxy) is 2. The second kappa shape index (κ2) is 8.41. The first-order chi connectivity index (χ1) is 11.8. The van der Waals surface area contributed by atoms with Crippen LogP contribution in [0, 0.1) is 11.7 Å². The van der Waals surface area contributed by atoms with Crippen LogP contribution in [0.5, 0.6) is 0 Å². The summed E-state index contributed by atoms with van der Waals surface area (Å²) in [6, 6.07) is 14.6. The average molecular weight is 328 g/mol. The lowest BCUT2D eigenvalue weighted by atomic mass is 10.0. The van der Waals surface area contributed by atoms with Crippen LogP contribution in [-0.4, -0.2) is 13.2 Å². The molecule has 0 aliphatic carbocycles. The normalized spacial score (nSPS) is 20.9. The topological polar surface area (TPSA) is 18.5 Å². The van der Waals surface area contributed by atoms with E-state index in [-0.39, 0.29) is 12.1 Å². The molecule has 3 rings (SSSR count). The number of hydrogen-bond acceptors (Lipinski definition) is 2. The zero-order valence-electron chi connectivity index (χ0n) is 14.2. The predicted octanol–water partition coefficient (Wildman–Crippen LogP) is 5.73. The fraction of sp³-hybridized carbons (Fsp3) is 0.429. The van der Waals surface area contributed by atoms with Gasteiger partial charge in [0.25, 0.3) is 0 Å². The maximum Gasteiger partial charge on any atom is 0.183 e. The van der Waals surface area contributed by atoms with Crippen LogP contribution in [-0.2, 0) is 9.47 Å². The van der Waals surface area contributed by atoms with Crippen molar-refractivity contribution in [2.45, 2.75) is 38.9 Å². The van der Waals surface area contributed by atoms with Gasteiger partial charge in [-0.15, -0.1) is 0 Å². The first-order valence-electron chi connectivity index (χ1n) is 8.85. The first kappa shape index (κ1) is 17.1. The Labute approximate surface area is 143 Å². The van der Waals surface area contributed by atoms with Crippen molar-refractivity contribution < 1.29 is 13.9 Å². The summed E-state index contributed by atoms with van der Waals surface area (Å²) in [5.74, 6) is 0.295. The van der Waals surface area contributed by atoms with Crippen LogP contribution < -0.4 is 0 Å². The molecule has 0 atom stereocenters. The van der Waals surface area contributed by atoms with Crippen LogP contribution in [0.2, 0.25) is 0 Å². The molecule has 2 nitrogen and oxygen atoms in total. The number of hydrogen-bond donors (Lipinski definition) is 0. The Morgan fingerprint density at radius 2 is 1.71 bits per heavy atom. The van der Waals surface area contributed by atoms with Gasteiger partial charge in [-0.1, -0.05) is 62.6 Å². The maximum atomic E-state index is 13.3. The van der Waals surface area contributed by atoms with Gasteiger partial charge in [0.15, 0.2) is 6.29 Å². The van der Waals surface area contributed by atoms with E-state index in [4.69, 9.17) is 9.47 Å². The van der Waals surface area contributed by atoms with E-state index in [1.165, 1.54) is 31.7 Å². The molecule has 128 valence electrons. The zero-order chi connectivity index (χ0) is 16.8. The quantitative estimate of drug-likeness (QED) is 0.630. The van der Waals surface area contributed by atoms with Crippen LogP contribution in [0.4, 0.5) is 4.39 Å². The molecule has 2 aromatic carbocycles. The van der Waals surface area contributed by atoms with E-state index < -0.39 is 0 Å². The summed E-state index contributed by atoms with van der Waals surface area (Å²) in [5, 5.41) is 0. The van der Waals surface area contributed by atoms with Crippen LogP contribution in [0.25, 0.3) is 11.1 Å². The minimum atomic E-state index is -0.283. The number of benzene rings is 2. The predicted molar refractivity (Wildman–Crippen MR) is 94.1 cm³/mol. The second-order valence-corrected chi connectivity index (χ2v) is 6.49. The highest BCUT2D eigenvalue weighted by Gasteiger charge is 2.23. The molecule has 3 heteroatoms. The van der Waals surface area contributed by atoms with Crippen molar-refractivity contribution in [2.24, 2.45) is 5.92 Å².